The lowest BCUT2D eigenvalue weighted by atomic mass is 9.96. The topological polar surface area (TPSA) is 29.5 Å². The Labute approximate surface area is 90.9 Å². The molecule has 2 heteroatoms. The lowest BCUT2D eigenvalue weighted by Gasteiger charge is -2.27. The molecule has 1 N–H and O–H groups in total. The maximum absolute atomic E-state index is 9.01. The molecule has 0 saturated carbocycles. The number of aliphatic hydroxyl groups is 1. The smallest absolute Gasteiger partial charge is 0.122 e. The summed E-state index contributed by atoms with van der Waals surface area (Å²) in [5.41, 5.74) is 1.31. The Balaban J connectivity index is 1.99. The molecular formula is C13H18O2. The SMILES string of the molecule is CC(CO)CC1CCc2ccccc2O1. The van der Waals surface area contributed by atoms with Crippen LogP contribution in [-0.2, 0) is 6.42 Å². The molecule has 0 aromatic heterocycles. The molecule has 0 bridgehead atoms. The van der Waals surface area contributed by atoms with Gasteiger partial charge in [0.15, 0.2) is 0 Å². The quantitative estimate of drug-likeness (QED) is 0.823. The second kappa shape index (κ2) is 4.67. The molecule has 1 heterocycles. The minimum Gasteiger partial charge on any atom is -0.490 e. The number of para-hydroxylation sites is 1. The summed E-state index contributed by atoms with van der Waals surface area (Å²) in [6.07, 6.45) is 3.40. The molecule has 0 radical (unpaired) electrons. The Hall–Kier alpha value is -1.02. The third-order valence-corrected chi connectivity index (χ3v) is 2.98. The molecule has 0 aliphatic carbocycles. The number of hydrogen-bond donors (Lipinski definition) is 1. The van der Waals surface area contributed by atoms with Gasteiger partial charge in [-0.3, -0.25) is 0 Å². The van der Waals surface area contributed by atoms with Crippen molar-refractivity contribution in [2.24, 2.45) is 5.92 Å². The van der Waals surface area contributed by atoms with E-state index in [9.17, 15) is 0 Å². The van der Waals surface area contributed by atoms with Gasteiger partial charge in [-0.15, -0.1) is 0 Å². The van der Waals surface area contributed by atoms with Gasteiger partial charge in [0.1, 0.15) is 5.75 Å². The van der Waals surface area contributed by atoms with Gasteiger partial charge >= 0.3 is 0 Å². The molecule has 2 rings (SSSR count). The van der Waals surface area contributed by atoms with E-state index in [1.54, 1.807) is 0 Å². The van der Waals surface area contributed by atoms with Crippen molar-refractivity contribution in [1.82, 2.24) is 0 Å². The van der Waals surface area contributed by atoms with Crippen LogP contribution in [0.2, 0.25) is 0 Å². The minimum atomic E-state index is 0.251. The maximum atomic E-state index is 9.01. The Kier molecular flexibility index (Phi) is 3.27. The number of ether oxygens (including phenoxy) is 1. The second-order valence-corrected chi connectivity index (χ2v) is 4.41. The summed E-state index contributed by atoms with van der Waals surface area (Å²) in [4.78, 5) is 0. The Morgan fingerprint density at radius 3 is 3.07 bits per heavy atom. The van der Waals surface area contributed by atoms with Crippen molar-refractivity contribution < 1.29 is 9.84 Å². The number of hydrogen-bond acceptors (Lipinski definition) is 2. The van der Waals surface area contributed by atoms with Gasteiger partial charge in [-0.25, -0.2) is 0 Å². The lowest BCUT2D eigenvalue weighted by molar-refractivity contribution is 0.123. The van der Waals surface area contributed by atoms with Gasteiger partial charge in [0.25, 0.3) is 0 Å². The van der Waals surface area contributed by atoms with Gasteiger partial charge in [-0.05, 0) is 36.8 Å². The summed E-state index contributed by atoms with van der Waals surface area (Å²) in [5, 5.41) is 9.01. The third-order valence-electron chi connectivity index (χ3n) is 2.98. The number of rotatable bonds is 3. The van der Waals surface area contributed by atoms with Crippen LogP contribution in [0.5, 0.6) is 5.75 Å². The van der Waals surface area contributed by atoms with Crippen LogP contribution in [-0.4, -0.2) is 17.8 Å². The predicted octanol–water partition coefficient (Wildman–Crippen LogP) is 2.40. The predicted molar refractivity (Wildman–Crippen MR) is 60.0 cm³/mol. The van der Waals surface area contributed by atoms with Crippen LogP contribution in [0.4, 0.5) is 0 Å². The summed E-state index contributed by atoms with van der Waals surface area (Å²) >= 11 is 0. The van der Waals surface area contributed by atoms with Crippen molar-refractivity contribution in [3.63, 3.8) is 0 Å². The average Bonchev–Trinajstić information content (AvgIpc) is 2.29. The Morgan fingerprint density at radius 1 is 1.47 bits per heavy atom. The van der Waals surface area contributed by atoms with Crippen LogP contribution < -0.4 is 4.74 Å². The zero-order chi connectivity index (χ0) is 10.7. The fraction of sp³-hybridized carbons (Fsp3) is 0.538. The molecule has 2 unspecified atom stereocenters. The van der Waals surface area contributed by atoms with E-state index in [-0.39, 0.29) is 12.7 Å². The molecule has 1 aromatic rings. The number of aliphatic hydroxyl groups excluding tert-OH is 1. The molecule has 0 amide bonds. The molecule has 0 spiro atoms. The van der Waals surface area contributed by atoms with E-state index in [2.05, 4.69) is 19.1 Å². The zero-order valence-electron chi connectivity index (χ0n) is 9.15. The molecular weight excluding hydrogens is 188 g/mol. The molecule has 1 aliphatic rings. The summed E-state index contributed by atoms with van der Waals surface area (Å²) in [5.74, 6) is 1.36. The zero-order valence-corrected chi connectivity index (χ0v) is 9.15. The molecule has 15 heavy (non-hydrogen) atoms. The van der Waals surface area contributed by atoms with Crippen LogP contribution >= 0.6 is 0 Å². The van der Waals surface area contributed by atoms with Gasteiger partial charge in [-0.2, -0.15) is 0 Å². The molecule has 82 valence electrons. The Bertz CT molecular complexity index is 322. The average molecular weight is 206 g/mol. The summed E-state index contributed by atoms with van der Waals surface area (Å²) in [7, 11) is 0. The van der Waals surface area contributed by atoms with E-state index < -0.39 is 0 Å². The fourth-order valence-electron chi connectivity index (χ4n) is 2.07. The summed E-state index contributed by atoms with van der Waals surface area (Å²) < 4.78 is 5.89. The third kappa shape index (κ3) is 2.51. The molecule has 0 saturated heterocycles. The lowest BCUT2D eigenvalue weighted by Crippen LogP contribution is -2.25. The summed E-state index contributed by atoms with van der Waals surface area (Å²) in [6.45, 7) is 2.31. The van der Waals surface area contributed by atoms with Crippen molar-refractivity contribution in [2.75, 3.05) is 6.61 Å². The number of fused-ring (bicyclic) bond motifs is 1. The largest absolute Gasteiger partial charge is 0.490 e. The highest BCUT2D eigenvalue weighted by Gasteiger charge is 2.20. The first-order valence-electron chi connectivity index (χ1n) is 5.65. The van der Waals surface area contributed by atoms with Crippen molar-refractivity contribution >= 4 is 0 Å². The number of benzene rings is 1. The van der Waals surface area contributed by atoms with Crippen molar-refractivity contribution in [2.45, 2.75) is 32.3 Å². The maximum Gasteiger partial charge on any atom is 0.122 e. The summed E-state index contributed by atoms with van der Waals surface area (Å²) in [6, 6.07) is 8.22. The van der Waals surface area contributed by atoms with Gasteiger partial charge < -0.3 is 9.84 Å². The van der Waals surface area contributed by atoms with E-state index in [1.807, 2.05) is 12.1 Å². The van der Waals surface area contributed by atoms with Crippen molar-refractivity contribution in [1.29, 1.82) is 0 Å². The van der Waals surface area contributed by atoms with E-state index in [0.717, 1.165) is 25.0 Å². The van der Waals surface area contributed by atoms with Crippen LogP contribution in [0.1, 0.15) is 25.3 Å². The van der Waals surface area contributed by atoms with Gasteiger partial charge in [0, 0.05) is 6.61 Å². The molecule has 1 aliphatic heterocycles. The van der Waals surface area contributed by atoms with Gasteiger partial charge in [0.05, 0.1) is 6.10 Å². The van der Waals surface area contributed by atoms with Crippen LogP contribution in [0.25, 0.3) is 0 Å². The molecule has 2 nitrogen and oxygen atoms in total. The molecule has 2 atom stereocenters. The normalized spacial score (nSPS) is 21.6. The highest BCUT2D eigenvalue weighted by Crippen LogP contribution is 2.29. The van der Waals surface area contributed by atoms with Gasteiger partial charge in [-0.1, -0.05) is 25.1 Å². The molecule has 0 fully saturated rings. The van der Waals surface area contributed by atoms with Crippen molar-refractivity contribution in [3.05, 3.63) is 29.8 Å². The standard InChI is InChI=1S/C13H18O2/c1-10(9-14)8-12-7-6-11-4-2-3-5-13(11)15-12/h2-5,10,12,14H,6-9H2,1H3. The first-order valence-corrected chi connectivity index (χ1v) is 5.65. The number of aryl methyl sites for hydroxylation is 1. The monoisotopic (exact) mass is 206 g/mol. The van der Waals surface area contributed by atoms with Crippen molar-refractivity contribution in [3.8, 4) is 5.75 Å². The van der Waals surface area contributed by atoms with Crippen LogP contribution in [0.3, 0.4) is 0 Å². The van der Waals surface area contributed by atoms with E-state index in [4.69, 9.17) is 9.84 Å². The van der Waals surface area contributed by atoms with Crippen LogP contribution in [0.15, 0.2) is 24.3 Å². The van der Waals surface area contributed by atoms with Gasteiger partial charge in [0.2, 0.25) is 0 Å². The first kappa shape index (κ1) is 10.5. The fourth-order valence-corrected chi connectivity index (χ4v) is 2.07. The Morgan fingerprint density at radius 2 is 2.27 bits per heavy atom. The minimum absolute atomic E-state index is 0.251. The van der Waals surface area contributed by atoms with E-state index in [0.29, 0.717) is 5.92 Å². The second-order valence-electron chi connectivity index (χ2n) is 4.41. The van der Waals surface area contributed by atoms with Crippen LogP contribution in [0, 0.1) is 5.92 Å². The molecule has 1 aromatic carbocycles. The highest BCUT2D eigenvalue weighted by molar-refractivity contribution is 5.35. The van der Waals surface area contributed by atoms with E-state index >= 15 is 0 Å². The van der Waals surface area contributed by atoms with E-state index in [1.165, 1.54) is 5.56 Å². The first-order chi connectivity index (χ1) is 7.29. The highest BCUT2D eigenvalue weighted by atomic mass is 16.5.